The topological polar surface area (TPSA) is 49.0 Å². The third-order valence-corrected chi connectivity index (χ3v) is 6.82. The Morgan fingerprint density at radius 3 is 2.64 bits per heavy atom. The molecular weight excluding hydrogens is 353 g/mol. The minimum absolute atomic E-state index is 0.239. The highest BCUT2D eigenvalue weighted by molar-refractivity contribution is 5.79. The summed E-state index contributed by atoms with van der Waals surface area (Å²) < 4.78 is 13.4. The number of fused-ring (bicyclic) bond motifs is 1. The summed E-state index contributed by atoms with van der Waals surface area (Å²) in [6, 6.07) is 4.67. The molecule has 5 heteroatoms. The van der Waals surface area contributed by atoms with Crippen LogP contribution in [0.3, 0.4) is 0 Å². The van der Waals surface area contributed by atoms with Crippen molar-refractivity contribution in [1.82, 2.24) is 14.9 Å². The molecule has 0 atom stereocenters. The maximum atomic E-state index is 13.4. The number of carbonyl (C=O) groups excluding carboxylic acids is 1. The number of aromatic nitrogens is 2. The van der Waals surface area contributed by atoms with Gasteiger partial charge in [-0.15, -0.1) is 0 Å². The second kappa shape index (κ2) is 8.62. The van der Waals surface area contributed by atoms with Gasteiger partial charge in [-0.2, -0.15) is 0 Å². The number of hydrogen-bond acceptors (Lipinski definition) is 2. The highest BCUT2D eigenvalue weighted by atomic mass is 19.1. The Morgan fingerprint density at radius 1 is 1.18 bits per heavy atom. The molecule has 1 aliphatic carbocycles. The molecule has 1 N–H and O–H groups in total. The van der Waals surface area contributed by atoms with E-state index in [1.165, 1.54) is 44.2 Å². The molecule has 28 heavy (non-hydrogen) atoms. The van der Waals surface area contributed by atoms with Crippen LogP contribution in [0.1, 0.15) is 76.5 Å². The first-order chi connectivity index (χ1) is 13.6. The number of aromatic amines is 1. The maximum Gasteiger partial charge on any atom is 0.225 e. The molecule has 4 nitrogen and oxygen atoms in total. The van der Waals surface area contributed by atoms with E-state index in [-0.39, 0.29) is 11.7 Å². The van der Waals surface area contributed by atoms with Crippen molar-refractivity contribution in [1.29, 1.82) is 0 Å². The van der Waals surface area contributed by atoms with Gasteiger partial charge in [-0.1, -0.05) is 26.2 Å². The number of H-pyrrole nitrogens is 1. The van der Waals surface area contributed by atoms with Gasteiger partial charge in [-0.3, -0.25) is 4.79 Å². The van der Waals surface area contributed by atoms with Crippen molar-refractivity contribution in [2.24, 2.45) is 11.8 Å². The van der Waals surface area contributed by atoms with Gasteiger partial charge in [0, 0.05) is 24.9 Å². The lowest BCUT2D eigenvalue weighted by atomic mass is 9.79. The van der Waals surface area contributed by atoms with Crippen LogP contribution in [0.2, 0.25) is 0 Å². The Morgan fingerprint density at radius 2 is 1.93 bits per heavy atom. The first kappa shape index (κ1) is 19.4. The van der Waals surface area contributed by atoms with Crippen LogP contribution in [-0.2, 0) is 4.79 Å². The number of carbonyl (C=O) groups is 1. The molecule has 0 bridgehead atoms. The predicted molar refractivity (Wildman–Crippen MR) is 110 cm³/mol. The van der Waals surface area contributed by atoms with Gasteiger partial charge in [0.05, 0.1) is 11.0 Å². The molecule has 1 aliphatic heterocycles. The summed E-state index contributed by atoms with van der Waals surface area (Å²) in [5.74, 6) is 2.47. The summed E-state index contributed by atoms with van der Waals surface area (Å²) >= 11 is 0. The fourth-order valence-electron chi connectivity index (χ4n) is 5.02. The molecule has 1 aromatic carbocycles. The van der Waals surface area contributed by atoms with Gasteiger partial charge in [0.2, 0.25) is 5.91 Å². The van der Waals surface area contributed by atoms with E-state index in [4.69, 9.17) is 0 Å². The lowest BCUT2D eigenvalue weighted by Crippen LogP contribution is -2.42. The van der Waals surface area contributed by atoms with Gasteiger partial charge in [0.1, 0.15) is 11.6 Å². The summed E-state index contributed by atoms with van der Waals surface area (Å²) in [5.41, 5.74) is 1.57. The van der Waals surface area contributed by atoms with E-state index in [0.29, 0.717) is 11.8 Å². The SMILES string of the molecule is CCCCC1CCC(C(=O)N2CCC(c3nc4ccc(F)cc4[nH]3)CC2)CC1. The Kier molecular flexibility index (Phi) is 5.98. The number of halogens is 1. The van der Waals surface area contributed by atoms with Crippen LogP contribution in [-0.4, -0.2) is 33.9 Å². The number of benzene rings is 1. The first-order valence-corrected chi connectivity index (χ1v) is 11.1. The number of nitrogens with one attached hydrogen (secondary N) is 1. The van der Waals surface area contributed by atoms with E-state index in [1.807, 2.05) is 0 Å². The van der Waals surface area contributed by atoms with E-state index in [0.717, 1.165) is 61.5 Å². The molecular formula is C23H32FN3O. The number of amides is 1. The lowest BCUT2D eigenvalue weighted by molar-refractivity contribution is -0.138. The molecule has 2 aliphatic rings. The predicted octanol–water partition coefficient (Wildman–Crippen LogP) is 5.40. The highest BCUT2D eigenvalue weighted by Gasteiger charge is 2.32. The molecule has 152 valence electrons. The van der Waals surface area contributed by atoms with Crippen LogP contribution in [0.15, 0.2) is 18.2 Å². The van der Waals surface area contributed by atoms with Gasteiger partial charge in [-0.25, -0.2) is 9.37 Å². The number of unbranched alkanes of at least 4 members (excludes halogenated alkanes) is 1. The molecule has 1 saturated carbocycles. The molecule has 2 aromatic rings. The van der Waals surface area contributed by atoms with Crippen molar-refractivity contribution in [3.05, 3.63) is 29.8 Å². The van der Waals surface area contributed by atoms with E-state index in [2.05, 4.69) is 21.8 Å². The zero-order valence-corrected chi connectivity index (χ0v) is 16.9. The number of imidazole rings is 1. The summed E-state index contributed by atoms with van der Waals surface area (Å²) in [6.07, 6.45) is 10.4. The first-order valence-electron chi connectivity index (χ1n) is 11.1. The van der Waals surface area contributed by atoms with Crippen LogP contribution >= 0.6 is 0 Å². The van der Waals surface area contributed by atoms with Crippen LogP contribution in [0, 0.1) is 17.7 Å². The van der Waals surface area contributed by atoms with Crippen molar-refractivity contribution in [3.8, 4) is 0 Å². The largest absolute Gasteiger partial charge is 0.342 e. The standard InChI is InChI=1S/C23H32FN3O/c1-2-3-4-16-5-7-18(8-6-16)23(28)27-13-11-17(12-14-27)22-25-20-10-9-19(24)15-21(20)26-22/h9-10,15-18H,2-8,11-14H2,1H3,(H,25,26). The van der Waals surface area contributed by atoms with Crippen LogP contribution in [0.25, 0.3) is 11.0 Å². The minimum Gasteiger partial charge on any atom is -0.342 e. The Balaban J connectivity index is 1.29. The van der Waals surface area contributed by atoms with Crippen molar-refractivity contribution >= 4 is 16.9 Å². The minimum atomic E-state index is -0.243. The number of rotatable bonds is 5. The quantitative estimate of drug-likeness (QED) is 0.749. The van der Waals surface area contributed by atoms with Gasteiger partial charge in [-0.05, 0) is 62.6 Å². The molecule has 4 rings (SSSR count). The van der Waals surface area contributed by atoms with Gasteiger partial charge < -0.3 is 9.88 Å². The van der Waals surface area contributed by atoms with E-state index >= 15 is 0 Å². The van der Waals surface area contributed by atoms with E-state index < -0.39 is 0 Å². The number of nitrogens with zero attached hydrogens (tertiary/aromatic N) is 2. The van der Waals surface area contributed by atoms with Crippen molar-refractivity contribution in [2.45, 2.75) is 70.6 Å². The third kappa shape index (κ3) is 4.23. The second-order valence-corrected chi connectivity index (χ2v) is 8.74. The number of piperidine rings is 1. The zero-order chi connectivity index (χ0) is 19.5. The average Bonchev–Trinajstić information content (AvgIpc) is 3.15. The molecule has 1 saturated heterocycles. The second-order valence-electron chi connectivity index (χ2n) is 8.74. The summed E-state index contributed by atoms with van der Waals surface area (Å²) in [6.45, 7) is 3.87. The van der Waals surface area contributed by atoms with Crippen molar-refractivity contribution in [3.63, 3.8) is 0 Å². The molecule has 1 amide bonds. The summed E-state index contributed by atoms with van der Waals surface area (Å²) in [7, 11) is 0. The fourth-order valence-corrected chi connectivity index (χ4v) is 5.02. The molecule has 0 unspecified atom stereocenters. The third-order valence-electron chi connectivity index (χ3n) is 6.82. The van der Waals surface area contributed by atoms with Crippen LogP contribution in [0.4, 0.5) is 4.39 Å². The van der Waals surface area contributed by atoms with Gasteiger partial charge >= 0.3 is 0 Å². The molecule has 2 heterocycles. The normalized spacial score (nSPS) is 24.0. The molecule has 0 radical (unpaired) electrons. The lowest BCUT2D eigenvalue weighted by Gasteiger charge is -2.36. The Hall–Kier alpha value is -1.91. The van der Waals surface area contributed by atoms with Crippen molar-refractivity contribution < 1.29 is 9.18 Å². The molecule has 0 spiro atoms. The smallest absolute Gasteiger partial charge is 0.225 e. The summed E-state index contributed by atoms with van der Waals surface area (Å²) in [5, 5.41) is 0. The van der Waals surface area contributed by atoms with Gasteiger partial charge in [0.15, 0.2) is 0 Å². The van der Waals surface area contributed by atoms with E-state index in [9.17, 15) is 9.18 Å². The maximum absolute atomic E-state index is 13.4. The van der Waals surface area contributed by atoms with Gasteiger partial charge in [0.25, 0.3) is 0 Å². The average molecular weight is 386 g/mol. The van der Waals surface area contributed by atoms with Crippen LogP contribution < -0.4 is 0 Å². The van der Waals surface area contributed by atoms with E-state index in [1.54, 1.807) is 6.07 Å². The summed E-state index contributed by atoms with van der Waals surface area (Å²) in [4.78, 5) is 23.0. The molecule has 1 aromatic heterocycles. The van der Waals surface area contributed by atoms with Crippen LogP contribution in [0.5, 0.6) is 0 Å². The molecule has 2 fully saturated rings. The Labute approximate surface area is 166 Å². The zero-order valence-electron chi connectivity index (χ0n) is 16.9. The number of hydrogen-bond donors (Lipinski definition) is 1. The fraction of sp³-hybridized carbons (Fsp3) is 0.652. The number of likely N-dealkylation sites (tertiary alicyclic amines) is 1. The monoisotopic (exact) mass is 385 g/mol. The van der Waals surface area contributed by atoms with Crippen molar-refractivity contribution in [2.75, 3.05) is 13.1 Å². The Bertz CT molecular complexity index is 801. The highest BCUT2D eigenvalue weighted by Crippen LogP contribution is 2.34.